The number of alkyl halides is 3. The van der Waals surface area contributed by atoms with Crippen LogP contribution in [0, 0.1) is 11.3 Å². The monoisotopic (exact) mass is 358 g/mol. The van der Waals surface area contributed by atoms with Gasteiger partial charge in [0.05, 0.1) is 0 Å². The standard InChI is InChI=1S/C15H17F3N4O3/c1-2-3-21-5-9-6-22(8-14(9,7-21)13(24)25)12(23)10-4-11(20-19-10)15(16,17)18/h2,4,9H,1,3,5-8H2,(H,19,20)(H,24,25)/t9-,14-/m0/s1. The Morgan fingerprint density at radius 1 is 1.44 bits per heavy atom. The first kappa shape index (κ1) is 17.5. The van der Waals surface area contributed by atoms with Crippen LogP contribution in [0.25, 0.3) is 0 Å². The average Bonchev–Trinajstić information content (AvgIpc) is 3.18. The number of carbonyl (C=O) groups is 2. The molecule has 0 saturated carbocycles. The third kappa shape index (κ3) is 2.90. The van der Waals surface area contributed by atoms with Crippen molar-refractivity contribution >= 4 is 11.9 Å². The fraction of sp³-hybridized carbons (Fsp3) is 0.533. The molecule has 2 N–H and O–H groups in total. The number of hydrogen-bond donors (Lipinski definition) is 2. The van der Waals surface area contributed by atoms with Crippen LogP contribution in [-0.2, 0) is 11.0 Å². The number of halogens is 3. The van der Waals surface area contributed by atoms with Crippen molar-refractivity contribution in [2.75, 3.05) is 32.7 Å². The Bertz CT molecular complexity index is 717. The number of aromatic nitrogens is 2. The highest BCUT2D eigenvalue weighted by Crippen LogP contribution is 2.43. The number of carboxylic acid groups (broad SMARTS) is 1. The van der Waals surface area contributed by atoms with Crippen LogP contribution in [0.5, 0.6) is 0 Å². The van der Waals surface area contributed by atoms with E-state index < -0.39 is 29.2 Å². The first-order valence-corrected chi connectivity index (χ1v) is 7.66. The van der Waals surface area contributed by atoms with E-state index in [4.69, 9.17) is 0 Å². The molecule has 1 amide bonds. The number of fused-ring (bicyclic) bond motifs is 1. The minimum absolute atomic E-state index is 0.0479. The van der Waals surface area contributed by atoms with Crippen LogP contribution in [0.4, 0.5) is 13.2 Å². The quantitative estimate of drug-likeness (QED) is 0.786. The number of nitrogens with one attached hydrogen (secondary N) is 1. The van der Waals surface area contributed by atoms with E-state index in [9.17, 15) is 27.9 Å². The summed E-state index contributed by atoms with van der Waals surface area (Å²) in [5, 5.41) is 14.9. The van der Waals surface area contributed by atoms with Crippen molar-refractivity contribution in [2.45, 2.75) is 6.18 Å². The molecule has 0 unspecified atom stereocenters. The number of carboxylic acids is 1. The van der Waals surface area contributed by atoms with Gasteiger partial charge in [0, 0.05) is 44.7 Å². The van der Waals surface area contributed by atoms with E-state index in [2.05, 4.69) is 11.7 Å². The van der Waals surface area contributed by atoms with E-state index in [1.165, 1.54) is 4.90 Å². The van der Waals surface area contributed by atoms with Crippen LogP contribution < -0.4 is 0 Å². The van der Waals surface area contributed by atoms with Gasteiger partial charge in [0.1, 0.15) is 11.1 Å². The molecule has 7 nitrogen and oxygen atoms in total. The summed E-state index contributed by atoms with van der Waals surface area (Å²) in [5.41, 5.74) is -2.59. The Balaban J connectivity index is 1.78. The molecule has 0 aromatic carbocycles. The lowest BCUT2D eigenvalue weighted by atomic mass is 9.81. The van der Waals surface area contributed by atoms with Crippen LogP contribution >= 0.6 is 0 Å². The summed E-state index contributed by atoms with van der Waals surface area (Å²) in [6, 6.07) is 0.647. The van der Waals surface area contributed by atoms with Crippen LogP contribution in [0.2, 0.25) is 0 Å². The fourth-order valence-corrected chi connectivity index (χ4v) is 3.69. The highest BCUT2D eigenvalue weighted by Gasteiger charge is 2.58. The topological polar surface area (TPSA) is 89.5 Å². The van der Waals surface area contributed by atoms with Crippen LogP contribution in [-0.4, -0.2) is 69.7 Å². The number of likely N-dealkylation sites (tertiary alicyclic amines) is 2. The molecule has 2 atom stereocenters. The lowest BCUT2D eigenvalue weighted by molar-refractivity contribution is -0.148. The normalized spacial score (nSPS) is 26.7. The second-order valence-corrected chi connectivity index (χ2v) is 6.49. The molecule has 2 aliphatic rings. The predicted octanol–water partition coefficient (Wildman–Crippen LogP) is 1.07. The van der Waals surface area contributed by atoms with Crippen molar-refractivity contribution in [3.05, 3.63) is 30.1 Å². The number of aromatic amines is 1. The summed E-state index contributed by atoms with van der Waals surface area (Å²) < 4.78 is 37.9. The van der Waals surface area contributed by atoms with Gasteiger partial charge in [-0.3, -0.25) is 19.6 Å². The smallest absolute Gasteiger partial charge is 0.432 e. The molecule has 2 fully saturated rings. The summed E-state index contributed by atoms with van der Waals surface area (Å²) in [6.07, 6.45) is -2.94. The Kier molecular flexibility index (Phi) is 4.10. The van der Waals surface area contributed by atoms with Gasteiger partial charge in [0.15, 0.2) is 5.69 Å². The van der Waals surface area contributed by atoms with E-state index in [0.29, 0.717) is 19.2 Å². The predicted molar refractivity (Wildman–Crippen MR) is 79.7 cm³/mol. The summed E-state index contributed by atoms with van der Waals surface area (Å²) in [6.45, 7) is 5.08. The molecule has 2 saturated heterocycles. The third-order valence-electron chi connectivity index (χ3n) is 4.88. The lowest BCUT2D eigenvalue weighted by Gasteiger charge is -2.24. The first-order chi connectivity index (χ1) is 11.7. The molecule has 0 bridgehead atoms. The van der Waals surface area contributed by atoms with Gasteiger partial charge in [-0.2, -0.15) is 18.3 Å². The maximum atomic E-state index is 12.6. The SMILES string of the molecule is C=CCN1C[C@H]2CN(C(=O)c3cc(C(F)(F)F)[nH]n3)C[C@@]2(C(=O)O)C1. The minimum Gasteiger partial charge on any atom is -0.481 e. The zero-order valence-electron chi connectivity index (χ0n) is 13.2. The Morgan fingerprint density at radius 3 is 2.68 bits per heavy atom. The van der Waals surface area contributed by atoms with Crippen molar-refractivity contribution < 1.29 is 27.9 Å². The Morgan fingerprint density at radius 2 is 2.16 bits per heavy atom. The maximum absolute atomic E-state index is 12.6. The number of amides is 1. The van der Waals surface area contributed by atoms with Crippen molar-refractivity contribution in [3.8, 4) is 0 Å². The molecule has 1 aromatic heterocycles. The molecule has 136 valence electrons. The molecule has 0 spiro atoms. The molecule has 0 aliphatic carbocycles. The molecule has 3 rings (SSSR count). The number of nitrogens with zero attached hydrogens (tertiary/aromatic N) is 3. The largest absolute Gasteiger partial charge is 0.481 e. The fourth-order valence-electron chi connectivity index (χ4n) is 3.69. The number of hydrogen-bond acceptors (Lipinski definition) is 4. The molecule has 10 heteroatoms. The highest BCUT2D eigenvalue weighted by atomic mass is 19.4. The molecular weight excluding hydrogens is 341 g/mol. The molecule has 1 aromatic rings. The zero-order chi connectivity index (χ0) is 18.4. The van der Waals surface area contributed by atoms with E-state index in [0.717, 1.165) is 0 Å². The molecule has 3 heterocycles. The molecular formula is C15H17F3N4O3. The zero-order valence-corrected chi connectivity index (χ0v) is 13.2. The first-order valence-electron chi connectivity index (χ1n) is 7.66. The van der Waals surface area contributed by atoms with Crippen LogP contribution in [0.1, 0.15) is 16.2 Å². The van der Waals surface area contributed by atoms with Crippen molar-refractivity contribution in [2.24, 2.45) is 11.3 Å². The maximum Gasteiger partial charge on any atom is 0.432 e. The summed E-state index contributed by atoms with van der Waals surface area (Å²) >= 11 is 0. The van der Waals surface area contributed by atoms with Crippen molar-refractivity contribution in [1.82, 2.24) is 20.0 Å². The average molecular weight is 358 g/mol. The van der Waals surface area contributed by atoms with Gasteiger partial charge in [0.2, 0.25) is 0 Å². The molecule has 25 heavy (non-hydrogen) atoms. The molecule has 2 aliphatic heterocycles. The molecule has 0 radical (unpaired) electrons. The number of H-pyrrole nitrogens is 1. The van der Waals surface area contributed by atoms with E-state index in [1.807, 2.05) is 4.90 Å². The summed E-state index contributed by atoms with van der Waals surface area (Å²) in [7, 11) is 0. The van der Waals surface area contributed by atoms with Gasteiger partial charge in [0.25, 0.3) is 5.91 Å². The number of aliphatic carboxylic acids is 1. The Labute approximate surface area is 141 Å². The highest BCUT2D eigenvalue weighted by molar-refractivity contribution is 5.93. The summed E-state index contributed by atoms with van der Waals surface area (Å²) in [4.78, 5) is 27.5. The third-order valence-corrected chi connectivity index (χ3v) is 4.88. The second kappa shape index (κ2) is 5.87. The second-order valence-electron chi connectivity index (χ2n) is 6.49. The number of rotatable bonds is 4. The van der Waals surface area contributed by atoms with Gasteiger partial charge in [-0.15, -0.1) is 6.58 Å². The number of carbonyl (C=O) groups excluding carboxylic acids is 1. The van der Waals surface area contributed by atoms with Crippen LogP contribution in [0.3, 0.4) is 0 Å². The van der Waals surface area contributed by atoms with E-state index in [1.54, 1.807) is 11.2 Å². The van der Waals surface area contributed by atoms with Gasteiger partial charge in [-0.25, -0.2) is 0 Å². The van der Waals surface area contributed by atoms with Gasteiger partial charge in [-0.1, -0.05) is 6.08 Å². The van der Waals surface area contributed by atoms with Gasteiger partial charge in [-0.05, 0) is 0 Å². The van der Waals surface area contributed by atoms with Crippen molar-refractivity contribution in [3.63, 3.8) is 0 Å². The van der Waals surface area contributed by atoms with E-state index >= 15 is 0 Å². The van der Waals surface area contributed by atoms with E-state index in [-0.39, 0.29) is 31.2 Å². The minimum atomic E-state index is -4.62. The lowest BCUT2D eigenvalue weighted by Crippen LogP contribution is -2.42. The van der Waals surface area contributed by atoms with Crippen LogP contribution in [0.15, 0.2) is 18.7 Å². The Hall–Kier alpha value is -2.36. The van der Waals surface area contributed by atoms with Gasteiger partial charge < -0.3 is 10.0 Å². The summed E-state index contributed by atoms with van der Waals surface area (Å²) in [5.74, 6) is -1.98. The van der Waals surface area contributed by atoms with Gasteiger partial charge >= 0.3 is 12.1 Å². The van der Waals surface area contributed by atoms with Crippen molar-refractivity contribution in [1.29, 1.82) is 0 Å².